The van der Waals surface area contributed by atoms with Crippen molar-refractivity contribution in [2.75, 3.05) is 14.2 Å². The van der Waals surface area contributed by atoms with Gasteiger partial charge in [-0.3, -0.25) is 4.79 Å². The van der Waals surface area contributed by atoms with E-state index in [2.05, 4.69) is 29.7 Å². The van der Waals surface area contributed by atoms with E-state index in [9.17, 15) is 4.79 Å². The van der Waals surface area contributed by atoms with Crippen LogP contribution in [0.25, 0.3) is 0 Å². The maximum atomic E-state index is 12.4. The van der Waals surface area contributed by atoms with Crippen LogP contribution in [0.4, 0.5) is 0 Å². The summed E-state index contributed by atoms with van der Waals surface area (Å²) in [5, 5.41) is 5.05. The predicted molar refractivity (Wildman–Crippen MR) is 97.6 cm³/mol. The standard InChI is InChI=1S/C20H26N2O3/c1-14(17-8-6-5-7-9-17)22-15(2)20(23)21-13-16-10-11-18(24-3)19(12-16)25-4/h5-12,14-15,22H,13H2,1-4H3,(H,21,23)/p+1/t14-,15-/m1/s1. The van der Waals surface area contributed by atoms with Crippen LogP contribution in [0.2, 0.25) is 0 Å². The van der Waals surface area contributed by atoms with Crippen LogP contribution >= 0.6 is 0 Å². The normalized spacial score (nSPS) is 13.0. The molecule has 2 rings (SSSR count). The molecule has 25 heavy (non-hydrogen) atoms. The molecule has 0 bridgehead atoms. The summed E-state index contributed by atoms with van der Waals surface area (Å²) in [6.07, 6.45) is 0. The second kappa shape index (κ2) is 9.08. The number of carbonyl (C=O) groups excluding carboxylic acids is 1. The first kappa shape index (κ1) is 18.8. The summed E-state index contributed by atoms with van der Waals surface area (Å²) in [6.45, 7) is 4.48. The number of ether oxygens (including phenoxy) is 2. The van der Waals surface area contributed by atoms with E-state index >= 15 is 0 Å². The largest absolute Gasteiger partial charge is 0.493 e. The summed E-state index contributed by atoms with van der Waals surface area (Å²) >= 11 is 0. The van der Waals surface area contributed by atoms with Crippen molar-refractivity contribution in [3.8, 4) is 11.5 Å². The first-order valence-corrected chi connectivity index (χ1v) is 8.43. The Balaban J connectivity index is 1.89. The highest BCUT2D eigenvalue weighted by atomic mass is 16.5. The number of methoxy groups -OCH3 is 2. The Hall–Kier alpha value is -2.53. The van der Waals surface area contributed by atoms with Crippen molar-refractivity contribution in [1.29, 1.82) is 0 Å². The molecule has 3 N–H and O–H groups in total. The lowest BCUT2D eigenvalue weighted by Crippen LogP contribution is -2.92. The van der Waals surface area contributed by atoms with E-state index in [1.54, 1.807) is 14.2 Å². The Morgan fingerprint density at radius 1 is 1.04 bits per heavy atom. The first-order valence-electron chi connectivity index (χ1n) is 8.43. The van der Waals surface area contributed by atoms with Crippen LogP contribution in [0.1, 0.15) is 31.0 Å². The molecular formula is C20H27N2O3+. The summed E-state index contributed by atoms with van der Waals surface area (Å²) in [5.41, 5.74) is 2.18. The van der Waals surface area contributed by atoms with Crippen molar-refractivity contribution in [2.45, 2.75) is 32.5 Å². The zero-order valence-electron chi connectivity index (χ0n) is 15.3. The molecule has 0 saturated carbocycles. The number of quaternary nitrogens is 1. The van der Waals surface area contributed by atoms with Gasteiger partial charge in [-0.05, 0) is 31.5 Å². The van der Waals surface area contributed by atoms with Gasteiger partial charge in [0.1, 0.15) is 6.04 Å². The highest BCUT2D eigenvalue weighted by Gasteiger charge is 2.20. The number of rotatable bonds is 8. The maximum absolute atomic E-state index is 12.4. The summed E-state index contributed by atoms with van der Waals surface area (Å²) in [5.74, 6) is 1.35. The molecule has 2 atom stereocenters. The predicted octanol–water partition coefficient (Wildman–Crippen LogP) is 2.03. The summed E-state index contributed by atoms with van der Waals surface area (Å²) in [6, 6.07) is 15.9. The van der Waals surface area contributed by atoms with Crippen molar-refractivity contribution in [2.24, 2.45) is 0 Å². The Morgan fingerprint density at radius 3 is 2.36 bits per heavy atom. The molecule has 0 aliphatic rings. The molecule has 0 fully saturated rings. The number of nitrogens with one attached hydrogen (secondary N) is 1. The fraction of sp³-hybridized carbons (Fsp3) is 0.350. The quantitative estimate of drug-likeness (QED) is 0.771. The number of hydrogen-bond acceptors (Lipinski definition) is 3. The molecule has 0 saturated heterocycles. The van der Waals surface area contributed by atoms with E-state index in [-0.39, 0.29) is 18.0 Å². The van der Waals surface area contributed by atoms with Gasteiger partial charge < -0.3 is 20.1 Å². The Morgan fingerprint density at radius 2 is 1.72 bits per heavy atom. The van der Waals surface area contributed by atoms with Crippen LogP contribution in [0, 0.1) is 0 Å². The average molecular weight is 343 g/mol. The van der Waals surface area contributed by atoms with E-state index in [0.717, 1.165) is 5.56 Å². The van der Waals surface area contributed by atoms with E-state index < -0.39 is 0 Å². The van der Waals surface area contributed by atoms with Crippen molar-refractivity contribution >= 4 is 5.91 Å². The molecule has 0 radical (unpaired) electrons. The molecule has 0 aliphatic heterocycles. The molecule has 134 valence electrons. The number of hydrogen-bond donors (Lipinski definition) is 2. The van der Waals surface area contributed by atoms with Crippen LogP contribution in [0.5, 0.6) is 11.5 Å². The molecule has 0 aromatic heterocycles. The first-order chi connectivity index (χ1) is 12.0. The minimum Gasteiger partial charge on any atom is -0.493 e. The van der Waals surface area contributed by atoms with Gasteiger partial charge >= 0.3 is 0 Å². The van der Waals surface area contributed by atoms with Crippen LogP contribution in [0.3, 0.4) is 0 Å². The third kappa shape index (κ3) is 5.22. The smallest absolute Gasteiger partial charge is 0.278 e. The van der Waals surface area contributed by atoms with Gasteiger partial charge in [0.05, 0.1) is 14.2 Å². The molecule has 5 nitrogen and oxygen atoms in total. The minimum absolute atomic E-state index is 0.0116. The van der Waals surface area contributed by atoms with E-state index in [4.69, 9.17) is 9.47 Å². The molecule has 0 spiro atoms. The highest BCUT2D eigenvalue weighted by Crippen LogP contribution is 2.27. The van der Waals surface area contributed by atoms with Gasteiger partial charge in [0.15, 0.2) is 17.5 Å². The SMILES string of the molecule is COc1ccc(CNC(=O)[C@@H](C)[NH2+][C@H](C)c2ccccc2)cc1OC. The van der Waals surface area contributed by atoms with E-state index in [0.29, 0.717) is 18.0 Å². The van der Waals surface area contributed by atoms with Crippen molar-refractivity contribution in [3.05, 3.63) is 59.7 Å². The fourth-order valence-electron chi connectivity index (χ4n) is 2.73. The topological polar surface area (TPSA) is 64.2 Å². The van der Waals surface area contributed by atoms with Crippen molar-refractivity contribution in [1.82, 2.24) is 5.32 Å². The zero-order chi connectivity index (χ0) is 18.2. The number of amides is 1. The van der Waals surface area contributed by atoms with Gasteiger partial charge in [-0.25, -0.2) is 0 Å². The van der Waals surface area contributed by atoms with Crippen LogP contribution in [-0.2, 0) is 11.3 Å². The molecule has 2 aromatic rings. The van der Waals surface area contributed by atoms with E-state index in [1.165, 1.54) is 5.56 Å². The molecular weight excluding hydrogens is 316 g/mol. The van der Waals surface area contributed by atoms with Gasteiger partial charge in [0.25, 0.3) is 5.91 Å². The Kier molecular flexibility index (Phi) is 6.83. The Labute approximate surface area is 149 Å². The summed E-state index contributed by atoms with van der Waals surface area (Å²) < 4.78 is 10.5. The van der Waals surface area contributed by atoms with Crippen LogP contribution in [-0.4, -0.2) is 26.2 Å². The third-order valence-corrected chi connectivity index (χ3v) is 4.23. The van der Waals surface area contributed by atoms with Gasteiger partial charge in [-0.1, -0.05) is 36.4 Å². The second-order valence-corrected chi connectivity index (χ2v) is 6.09. The second-order valence-electron chi connectivity index (χ2n) is 6.09. The molecule has 0 heterocycles. The zero-order valence-corrected chi connectivity index (χ0v) is 15.3. The van der Waals surface area contributed by atoms with Crippen molar-refractivity contribution in [3.63, 3.8) is 0 Å². The van der Waals surface area contributed by atoms with Gasteiger partial charge in [0, 0.05) is 12.1 Å². The average Bonchev–Trinajstić information content (AvgIpc) is 2.66. The van der Waals surface area contributed by atoms with Gasteiger partial charge in [0.2, 0.25) is 0 Å². The summed E-state index contributed by atoms with van der Waals surface area (Å²) in [4.78, 5) is 12.4. The lowest BCUT2D eigenvalue weighted by atomic mass is 10.1. The summed E-state index contributed by atoms with van der Waals surface area (Å²) in [7, 11) is 3.20. The van der Waals surface area contributed by atoms with Crippen molar-refractivity contribution < 1.29 is 19.6 Å². The molecule has 0 aliphatic carbocycles. The molecule has 5 heteroatoms. The van der Waals surface area contributed by atoms with Crippen LogP contribution < -0.4 is 20.1 Å². The number of carbonyl (C=O) groups is 1. The monoisotopic (exact) mass is 343 g/mol. The maximum Gasteiger partial charge on any atom is 0.278 e. The molecule has 2 aromatic carbocycles. The van der Waals surface area contributed by atoms with Gasteiger partial charge in [-0.15, -0.1) is 0 Å². The number of nitrogens with two attached hydrogens (primary N) is 1. The lowest BCUT2D eigenvalue weighted by molar-refractivity contribution is -0.710. The van der Waals surface area contributed by atoms with Crippen LogP contribution in [0.15, 0.2) is 48.5 Å². The minimum atomic E-state index is -0.171. The molecule has 1 amide bonds. The van der Waals surface area contributed by atoms with E-state index in [1.807, 2.05) is 43.3 Å². The van der Waals surface area contributed by atoms with Gasteiger partial charge in [-0.2, -0.15) is 0 Å². The lowest BCUT2D eigenvalue weighted by Gasteiger charge is -2.17. The molecule has 0 unspecified atom stereocenters. The Bertz CT molecular complexity index is 689. The third-order valence-electron chi connectivity index (χ3n) is 4.23. The number of benzene rings is 2. The fourth-order valence-corrected chi connectivity index (χ4v) is 2.73. The highest BCUT2D eigenvalue weighted by molar-refractivity contribution is 5.79.